The van der Waals surface area contributed by atoms with Gasteiger partial charge in [-0.2, -0.15) is 8.42 Å². The molecule has 24 heavy (non-hydrogen) atoms. The molecule has 0 fully saturated rings. The number of carbonyl (C=O) groups excluding carboxylic acids is 1. The Labute approximate surface area is 147 Å². The van der Waals surface area contributed by atoms with E-state index in [1.807, 2.05) is 0 Å². The summed E-state index contributed by atoms with van der Waals surface area (Å²) < 4.78 is 28.7. The second-order valence-corrected chi connectivity index (χ2v) is 7.26. The summed E-state index contributed by atoms with van der Waals surface area (Å²) in [5, 5.41) is 11.9. The first-order chi connectivity index (χ1) is 11.1. The minimum absolute atomic E-state index is 0.0155. The van der Waals surface area contributed by atoms with E-state index in [9.17, 15) is 23.3 Å². The number of alkyl halides is 2. The van der Waals surface area contributed by atoms with Gasteiger partial charge in [0.2, 0.25) is 0 Å². The average molecular weight is 393 g/mol. The number of carbonyl (C=O) groups is 1. The third-order valence-corrected chi connectivity index (χ3v) is 5.30. The number of allylic oxidation sites excluding steroid dienone is 2. The van der Waals surface area contributed by atoms with Gasteiger partial charge in [0.1, 0.15) is 21.4 Å². The van der Waals surface area contributed by atoms with Crippen molar-refractivity contribution in [3.05, 3.63) is 46.0 Å². The fourth-order valence-electron chi connectivity index (χ4n) is 1.86. The van der Waals surface area contributed by atoms with E-state index in [0.717, 1.165) is 24.3 Å². The van der Waals surface area contributed by atoms with E-state index in [2.05, 4.69) is 9.44 Å². The number of halogens is 2. The molecule has 0 amide bonds. The lowest BCUT2D eigenvalue weighted by molar-refractivity contribution is -0.384. The van der Waals surface area contributed by atoms with Crippen LogP contribution in [0.5, 0.6) is 0 Å². The van der Waals surface area contributed by atoms with Crippen LogP contribution in [0.2, 0.25) is 0 Å². The summed E-state index contributed by atoms with van der Waals surface area (Å²) in [7, 11) is -4.30. The van der Waals surface area contributed by atoms with Crippen molar-refractivity contribution in [1.82, 2.24) is 0 Å². The van der Waals surface area contributed by atoms with Gasteiger partial charge in [0, 0.05) is 12.1 Å². The van der Waals surface area contributed by atoms with Gasteiger partial charge in [0.25, 0.3) is 5.69 Å². The maximum Gasteiger partial charge on any atom is 0.358 e. The highest BCUT2D eigenvalue weighted by molar-refractivity contribution is 7.86. The third-order valence-electron chi connectivity index (χ3n) is 3.12. The van der Waals surface area contributed by atoms with Crippen molar-refractivity contribution in [1.29, 1.82) is 0 Å². The number of non-ortho nitro benzene ring substituents is 1. The lowest BCUT2D eigenvalue weighted by Gasteiger charge is -2.20. The summed E-state index contributed by atoms with van der Waals surface area (Å²) in [6.07, 6.45) is 1.19. The van der Waals surface area contributed by atoms with E-state index >= 15 is 0 Å². The summed E-state index contributed by atoms with van der Waals surface area (Å²) in [6.45, 7) is 1.51. The van der Waals surface area contributed by atoms with Crippen molar-refractivity contribution in [3.63, 3.8) is 0 Å². The van der Waals surface area contributed by atoms with Gasteiger partial charge in [-0.15, -0.1) is 23.2 Å². The number of hydrogen-bond acceptors (Lipinski definition) is 7. The molecule has 0 N–H and O–H groups in total. The SMILES string of the molecule is CC1=CC(=O)[C@@H](Cl)[C@H](Cl)/C1=N\OS(=O)(=O)c1ccc([N+](=O)[O-])cc1. The molecule has 128 valence electrons. The minimum Gasteiger partial charge on any atom is -0.293 e. The summed E-state index contributed by atoms with van der Waals surface area (Å²) in [5.74, 6) is -0.411. The Morgan fingerprint density at radius 1 is 1.21 bits per heavy atom. The fourth-order valence-corrected chi connectivity index (χ4v) is 3.11. The van der Waals surface area contributed by atoms with Crippen LogP contribution in [0, 0.1) is 10.1 Å². The van der Waals surface area contributed by atoms with Crippen LogP contribution in [0.3, 0.4) is 0 Å². The Bertz CT molecular complexity index is 848. The summed E-state index contributed by atoms with van der Waals surface area (Å²) >= 11 is 11.8. The highest BCUT2D eigenvalue weighted by Gasteiger charge is 2.34. The monoisotopic (exact) mass is 392 g/mol. The Kier molecular flexibility index (Phi) is 5.26. The van der Waals surface area contributed by atoms with Crippen molar-refractivity contribution >= 4 is 50.5 Å². The van der Waals surface area contributed by atoms with Crippen LogP contribution in [0.4, 0.5) is 5.69 Å². The maximum absolute atomic E-state index is 12.1. The Morgan fingerprint density at radius 3 is 2.33 bits per heavy atom. The molecule has 1 aromatic carbocycles. The lowest BCUT2D eigenvalue weighted by atomic mass is 9.97. The standard InChI is InChI=1S/C13H10Cl2N2O6S/c1-7-6-10(18)11(14)12(15)13(7)16-23-24(21,22)9-4-2-8(3-5-9)17(19)20/h2-6,11-12H,1H3/b16-13-/t11-,12+/m1/s1. The van der Waals surface area contributed by atoms with Gasteiger partial charge < -0.3 is 0 Å². The van der Waals surface area contributed by atoms with Crippen molar-refractivity contribution in [2.24, 2.45) is 5.16 Å². The van der Waals surface area contributed by atoms with Crippen LogP contribution in [0.1, 0.15) is 6.92 Å². The van der Waals surface area contributed by atoms with Gasteiger partial charge in [-0.3, -0.25) is 19.2 Å². The molecule has 11 heteroatoms. The molecule has 0 saturated carbocycles. The van der Waals surface area contributed by atoms with E-state index in [0.29, 0.717) is 5.57 Å². The van der Waals surface area contributed by atoms with Crippen LogP contribution < -0.4 is 0 Å². The van der Waals surface area contributed by atoms with Crippen LogP contribution in [0.25, 0.3) is 0 Å². The van der Waals surface area contributed by atoms with Gasteiger partial charge in [-0.25, -0.2) is 0 Å². The zero-order chi connectivity index (χ0) is 18.1. The summed E-state index contributed by atoms with van der Waals surface area (Å²) in [6, 6.07) is 4.08. The molecule has 0 aliphatic heterocycles. The number of nitro benzene ring substituents is 1. The van der Waals surface area contributed by atoms with Crippen molar-refractivity contribution in [3.8, 4) is 0 Å². The van der Waals surface area contributed by atoms with Crippen molar-refractivity contribution < 1.29 is 22.4 Å². The van der Waals surface area contributed by atoms with E-state index in [-0.39, 0.29) is 16.3 Å². The molecule has 2 rings (SSSR count). The van der Waals surface area contributed by atoms with Crippen LogP contribution in [-0.2, 0) is 19.2 Å². The van der Waals surface area contributed by atoms with Gasteiger partial charge >= 0.3 is 10.1 Å². The van der Waals surface area contributed by atoms with E-state index in [4.69, 9.17) is 23.2 Å². The Morgan fingerprint density at radius 2 is 1.79 bits per heavy atom. The number of hydrogen-bond donors (Lipinski definition) is 0. The predicted octanol–water partition coefficient (Wildman–Crippen LogP) is 2.40. The lowest BCUT2D eigenvalue weighted by Crippen LogP contribution is -2.36. The fraction of sp³-hybridized carbons (Fsp3) is 0.231. The second-order valence-electron chi connectivity index (χ2n) is 4.79. The molecule has 0 saturated heterocycles. The zero-order valence-electron chi connectivity index (χ0n) is 12.0. The molecule has 0 aromatic heterocycles. The molecular formula is C13H10Cl2N2O6S. The largest absolute Gasteiger partial charge is 0.358 e. The summed E-state index contributed by atoms with van der Waals surface area (Å²) in [4.78, 5) is 21.1. The molecule has 0 unspecified atom stereocenters. The van der Waals surface area contributed by atoms with Crippen molar-refractivity contribution in [2.45, 2.75) is 22.6 Å². The molecule has 2 atom stereocenters. The molecule has 0 radical (unpaired) electrons. The highest BCUT2D eigenvalue weighted by Crippen LogP contribution is 2.24. The zero-order valence-corrected chi connectivity index (χ0v) is 14.4. The number of ketones is 1. The van der Waals surface area contributed by atoms with E-state index in [1.54, 1.807) is 0 Å². The second kappa shape index (κ2) is 6.88. The average Bonchev–Trinajstić information content (AvgIpc) is 2.52. The minimum atomic E-state index is -4.30. The Hall–Kier alpha value is -1.97. The molecule has 8 nitrogen and oxygen atoms in total. The third kappa shape index (κ3) is 3.74. The topological polar surface area (TPSA) is 116 Å². The number of rotatable bonds is 4. The number of benzene rings is 1. The van der Waals surface area contributed by atoms with Gasteiger partial charge in [-0.1, -0.05) is 5.16 Å². The van der Waals surface area contributed by atoms with E-state index < -0.39 is 31.6 Å². The number of nitro groups is 1. The molecule has 1 aliphatic rings. The van der Waals surface area contributed by atoms with Crippen LogP contribution in [0.15, 0.2) is 46.0 Å². The van der Waals surface area contributed by atoms with Crippen LogP contribution in [-0.4, -0.2) is 35.6 Å². The molecule has 0 bridgehead atoms. The van der Waals surface area contributed by atoms with Crippen LogP contribution >= 0.6 is 23.2 Å². The predicted molar refractivity (Wildman–Crippen MR) is 86.8 cm³/mol. The first-order valence-electron chi connectivity index (χ1n) is 6.40. The Balaban J connectivity index is 2.27. The maximum atomic E-state index is 12.1. The highest BCUT2D eigenvalue weighted by atomic mass is 35.5. The molecule has 1 aliphatic carbocycles. The first-order valence-corrected chi connectivity index (χ1v) is 8.68. The smallest absolute Gasteiger partial charge is 0.293 e. The van der Waals surface area contributed by atoms with Gasteiger partial charge in [0.15, 0.2) is 5.78 Å². The van der Waals surface area contributed by atoms with Gasteiger partial charge in [0.05, 0.1) is 4.92 Å². The normalized spacial score (nSPS) is 23.0. The summed E-state index contributed by atoms with van der Waals surface area (Å²) in [5.41, 5.74) is 0.0770. The number of nitrogens with zero attached hydrogens (tertiary/aromatic N) is 2. The van der Waals surface area contributed by atoms with Crippen molar-refractivity contribution in [2.75, 3.05) is 0 Å². The van der Waals surface area contributed by atoms with E-state index in [1.165, 1.54) is 13.0 Å². The number of oxime groups is 1. The first kappa shape index (κ1) is 18.4. The molecule has 1 aromatic rings. The van der Waals surface area contributed by atoms with Gasteiger partial charge in [-0.05, 0) is 30.7 Å². The molecule has 0 heterocycles. The quantitative estimate of drug-likeness (QED) is 0.441. The molecule has 0 spiro atoms. The molecular weight excluding hydrogens is 383 g/mol.